The lowest BCUT2D eigenvalue weighted by Gasteiger charge is -2.14. The third-order valence-electron chi connectivity index (χ3n) is 3.26. The minimum Gasteiger partial charge on any atom is -0.497 e. The van der Waals surface area contributed by atoms with Gasteiger partial charge in [-0.2, -0.15) is 5.10 Å². The first kappa shape index (κ1) is 18.3. The van der Waals surface area contributed by atoms with E-state index in [9.17, 15) is 4.79 Å². The Morgan fingerprint density at radius 2 is 1.88 bits per heavy atom. The molecular weight excluding hydrogens is 320 g/mol. The molecule has 0 heterocycles. The van der Waals surface area contributed by atoms with Gasteiger partial charge in [0.25, 0.3) is 5.91 Å². The van der Waals surface area contributed by atoms with Crippen LogP contribution in [-0.2, 0) is 0 Å². The summed E-state index contributed by atoms with van der Waals surface area (Å²) in [5.41, 5.74) is 3.73. The number of carbonyl (C=O) groups is 1. The van der Waals surface area contributed by atoms with Gasteiger partial charge in [0.1, 0.15) is 5.75 Å². The van der Waals surface area contributed by atoms with Gasteiger partial charge in [-0.15, -0.1) is 0 Å². The largest absolute Gasteiger partial charge is 0.497 e. The zero-order valence-electron chi connectivity index (χ0n) is 14.8. The van der Waals surface area contributed by atoms with Gasteiger partial charge in [-0.3, -0.25) is 4.79 Å². The molecular formula is C19H22N2O4. The number of nitrogens with zero attached hydrogens (tertiary/aromatic N) is 1. The van der Waals surface area contributed by atoms with Crippen LogP contribution in [0.15, 0.2) is 47.6 Å². The van der Waals surface area contributed by atoms with Crippen LogP contribution in [0.2, 0.25) is 0 Å². The fourth-order valence-electron chi connectivity index (χ4n) is 2.11. The monoisotopic (exact) mass is 342 g/mol. The number of hydrazone groups is 1. The van der Waals surface area contributed by atoms with Crippen LogP contribution in [-0.4, -0.2) is 32.4 Å². The van der Waals surface area contributed by atoms with E-state index in [0.29, 0.717) is 17.1 Å². The minimum atomic E-state index is -0.339. The summed E-state index contributed by atoms with van der Waals surface area (Å²) in [7, 11) is 3.13. The second-order valence-corrected chi connectivity index (χ2v) is 5.51. The van der Waals surface area contributed by atoms with Gasteiger partial charge in [0.05, 0.1) is 26.5 Å². The Morgan fingerprint density at radius 3 is 2.56 bits per heavy atom. The number of amides is 1. The molecule has 1 N–H and O–H groups in total. The highest BCUT2D eigenvalue weighted by Gasteiger charge is 2.11. The molecule has 0 saturated heterocycles. The summed E-state index contributed by atoms with van der Waals surface area (Å²) in [4.78, 5) is 12.2. The molecule has 0 fully saturated rings. The lowest BCUT2D eigenvalue weighted by Crippen LogP contribution is -2.18. The molecule has 0 aromatic heterocycles. The van der Waals surface area contributed by atoms with Crippen molar-refractivity contribution in [1.29, 1.82) is 0 Å². The Morgan fingerprint density at radius 1 is 1.08 bits per heavy atom. The summed E-state index contributed by atoms with van der Waals surface area (Å²) < 4.78 is 16.1. The average molecular weight is 342 g/mol. The number of nitrogens with one attached hydrogen (secondary N) is 1. The number of methoxy groups -OCH3 is 2. The Hall–Kier alpha value is -3.02. The lowest BCUT2D eigenvalue weighted by atomic mass is 10.2. The molecule has 0 aliphatic heterocycles. The molecule has 0 atom stereocenters. The van der Waals surface area contributed by atoms with Crippen molar-refractivity contribution < 1.29 is 19.0 Å². The molecule has 0 spiro atoms. The summed E-state index contributed by atoms with van der Waals surface area (Å²) >= 11 is 0. The SMILES string of the molecule is COc1cccc(/C=N/NC(=O)c2ccc(OC(C)C)c(OC)c2)c1. The van der Waals surface area contributed by atoms with Crippen molar-refractivity contribution in [2.75, 3.05) is 14.2 Å². The first-order valence-corrected chi connectivity index (χ1v) is 7.85. The smallest absolute Gasteiger partial charge is 0.271 e. The Labute approximate surface area is 147 Å². The second kappa shape index (κ2) is 8.73. The first-order valence-electron chi connectivity index (χ1n) is 7.85. The molecule has 2 aromatic carbocycles. The number of rotatable bonds is 7. The number of ether oxygens (including phenoxy) is 3. The van der Waals surface area contributed by atoms with E-state index in [1.54, 1.807) is 31.5 Å². The van der Waals surface area contributed by atoms with Gasteiger partial charge in [0, 0.05) is 5.56 Å². The number of hydrogen-bond acceptors (Lipinski definition) is 5. The highest BCUT2D eigenvalue weighted by atomic mass is 16.5. The van der Waals surface area contributed by atoms with Crippen LogP contribution in [0.3, 0.4) is 0 Å². The van der Waals surface area contributed by atoms with Crippen molar-refractivity contribution >= 4 is 12.1 Å². The summed E-state index contributed by atoms with van der Waals surface area (Å²) in [5.74, 6) is 1.47. The van der Waals surface area contributed by atoms with Gasteiger partial charge in [0.2, 0.25) is 0 Å². The van der Waals surface area contributed by atoms with Crippen molar-refractivity contribution in [3.8, 4) is 17.2 Å². The van der Waals surface area contributed by atoms with Crippen molar-refractivity contribution in [2.45, 2.75) is 20.0 Å². The van der Waals surface area contributed by atoms with Crippen molar-refractivity contribution in [3.63, 3.8) is 0 Å². The summed E-state index contributed by atoms with van der Waals surface area (Å²) in [5, 5.41) is 3.97. The van der Waals surface area contributed by atoms with Gasteiger partial charge in [-0.1, -0.05) is 12.1 Å². The molecule has 2 rings (SSSR count). The molecule has 0 aliphatic rings. The lowest BCUT2D eigenvalue weighted by molar-refractivity contribution is 0.0954. The quantitative estimate of drug-likeness (QED) is 0.619. The Bertz CT molecular complexity index is 757. The fourth-order valence-corrected chi connectivity index (χ4v) is 2.11. The van der Waals surface area contributed by atoms with E-state index in [1.807, 2.05) is 38.1 Å². The molecule has 0 aliphatic carbocycles. The van der Waals surface area contributed by atoms with E-state index in [0.717, 1.165) is 11.3 Å². The van der Waals surface area contributed by atoms with Crippen molar-refractivity contribution in [2.24, 2.45) is 5.10 Å². The summed E-state index contributed by atoms with van der Waals surface area (Å²) in [6.45, 7) is 3.85. The third-order valence-corrected chi connectivity index (χ3v) is 3.26. The first-order chi connectivity index (χ1) is 12.0. The Balaban J connectivity index is 2.06. The van der Waals surface area contributed by atoms with Crippen LogP contribution in [0.25, 0.3) is 0 Å². The number of benzene rings is 2. The molecule has 25 heavy (non-hydrogen) atoms. The van der Waals surface area contributed by atoms with Crippen molar-refractivity contribution in [3.05, 3.63) is 53.6 Å². The van der Waals surface area contributed by atoms with E-state index in [4.69, 9.17) is 14.2 Å². The molecule has 0 saturated carbocycles. The van der Waals surface area contributed by atoms with Crippen LogP contribution in [0.1, 0.15) is 29.8 Å². The molecule has 1 amide bonds. The Kier molecular flexibility index (Phi) is 6.39. The highest BCUT2D eigenvalue weighted by molar-refractivity contribution is 5.95. The van der Waals surface area contributed by atoms with Gasteiger partial charge < -0.3 is 14.2 Å². The molecule has 6 nitrogen and oxygen atoms in total. The standard InChI is InChI=1S/C19H22N2O4/c1-13(2)25-17-9-8-15(11-18(17)24-4)19(22)21-20-12-14-6-5-7-16(10-14)23-3/h5-13H,1-4H3,(H,21,22)/b20-12+. The number of hydrogen-bond donors (Lipinski definition) is 1. The molecule has 0 bridgehead atoms. The maximum Gasteiger partial charge on any atom is 0.271 e. The predicted octanol–water partition coefficient (Wildman–Crippen LogP) is 3.25. The minimum absolute atomic E-state index is 0.0149. The maximum absolute atomic E-state index is 12.2. The highest BCUT2D eigenvalue weighted by Crippen LogP contribution is 2.28. The van der Waals surface area contributed by atoms with Gasteiger partial charge >= 0.3 is 0 Å². The second-order valence-electron chi connectivity index (χ2n) is 5.51. The van der Waals surface area contributed by atoms with Gasteiger partial charge in [-0.05, 0) is 49.7 Å². The molecule has 0 unspecified atom stereocenters. The third kappa shape index (κ3) is 5.24. The van der Waals surface area contributed by atoms with Crippen LogP contribution in [0.4, 0.5) is 0 Å². The summed E-state index contributed by atoms with van der Waals surface area (Å²) in [6, 6.07) is 12.4. The van der Waals surface area contributed by atoms with Gasteiger partial charge in [-0.25, -0.2) is 5.43 Å². The fraction of sp³-hybridized carbons (Fsp3) is 0.263. The molecule has 132 valence electrons. The number of carbonyl (C=O) groups excluding carboxylic acids is 1. The van der Waals surface area contributed by atoms with E-state index in [1.165, 1.54) is 7.11 Å². The van der Waals surface area contributed by atoms with Crippen LogP contribution < -0.4 is 19.6 Å². The molecule has 6 heteroatoms. The average Bonchev–Trinajstić information content (AvgIpc) is 2.61. The summed E-state index contributed by atoms with van der Waals surface area (Å²) in [6.07, 6.45) is 1.56. The van der Waals surface area contributed by atoms with Crippen LogP contribution in [0.5, 0.6) is 17.2 Å². The predicted molar refractivity (Wildman–Crippen MR) is 96.8 cm³/mol. The van der Waals surface area contributed by atoms with E-state index >= 15 is 0 Å². The van der Waals surface area contributed by atoms with Crippen LogP contribution >= 0.6 is 0 Å². The van der Waals surface area contributed by atoms with E-state index < -0.39 is 0 Å². The van der Waals surface area contributed by atoms with Gasteiger partial charge in [0.15, 0.2) is 11.5 Å². The van der Waals surface area contributed by atoms with Crippen molar-refractivity contribution in [1.82, 2.24) is 5.43 Å². The zero-order valence-corrected chi connectivity index (χ0v) is 14.8. The topological polar surface area (TPSA) is 69.2 Å². The van der Waals surface area contributed by atoms with Crippen LogP contribution in [0, 0.1) is 0 Å². The van der Waals surface area contributed by atoms with E-state index in [2.05, 4.69) is 10.5 Å². The normalized spacial score (nSPS) is 10.8. The van der Waals surface area contributed by atoms with E-state index in [-0.39, 0.29) is 12.0 Å². The maximum atomic E-state index is 12.2. The molecule has 0 radical (unpaired) electrons. The zero-order chi connectivity index (χ0) is 18.2. The molecule has 2 aromatic rings.